The van der Waals surface area contributed by atoms with Crippen LogP contribution in [0.4, 0.5) is 4.79 Å². The maximum atomic E-state index is 11.7. The summed E-state index contributed by atoms with van der Waals surface area (Å²) in [6, 6.07) is 9.51. The first-order chi connectivity index (χ1) is 27.3. The second kappa shape index (κ2) is 44.7. The Balaban J connectivity index is 1.62. The van der Waals surface area contributed by atoms with Crippen LogP contribution in [0.25, 0.3) is 0 Å². The molecule has 0 unspecified atom stereocenters. The van der Waals surface area contributed by atoms with E-state index >= 15 is 0 Å². The first-order valence-corrected chi connectivity index (χ1v) is 20.2. The Kier molecular flexibility index (Phi) is 41.5. The van der Waals surface area contributed by atoms with Crippen molar-refractivity contribution in [2.45, 2.75) is 52.1 Å². The van der Waals surface area contributed by atoms with Gasteiger partial charge in [0.1, 0.15) is 6.61 Å². The maximum Gasteiger partial charge on any atom is 0.407 e. The van der Waals surface area contributed by atoms with Crippen molar-refractivity contribution < 1.29 is 66.4 Å². The minimum Gasteiger partial charge on any atom is -0.445 e. The molecule has 0 radical (unpaired) electrons. The largest absolute Gasteiger partial charge is 0.445 e. The summed E-state index contributed by atoms with van der Waals surface area (Å²) >= 11 is 0. The Hall–Kier alpha value is -1.99. The van der Waals surface area contributed by atoms with Gasteiger partial charge in [0.15, 0.2) is 0 Å². The predicted octanol–water partition coefficient (Wildman–Crippen LogP) is 4.47. The van der Waals surface area contributed by atoms with E-state index in [4.69, 9.17) is 61.6 Å². The SMILES string of the molecule is CCCCCCCCOCCOCCOCCOCCOCCOCCOCCOCCOCCOCCOCCOCCNC(=O)OCc1ccccc1. The van der Waals surface area contributed by atoms with Crippen molar-refractivity contribution in [3.05, 3.63) is 35.9 Å². The van der Waals surface area contributed by atoms with Gasteiger partial charge in [-0.05, 0) is 12.0 Å². The second-order valence-corrected chi connectivity index (χ2v) is 12.1. The zero-order valence-electron chi connectivity index (χ0n) is 33.7. The molecular formula is C40H73NO14. The summed E-state index contributed by atoms with van der Waals surface area (Å²) in [5, 5.41) is 2.65. The molecule has 55 heavy (non-hydrogen) atoms. The highest BCUT2D eigenvalue weighted by Crippen LogP contribution is 2.05. The van der Waals surface area contributed by atoms with Crippen molar-refractivity contribution in [2.75, 3.05) is 165 Å². The normalized spacial score (nSPS) is 11.4. The number of carbonyl (C=O) groups excluding carboxylic acids is 1. The molecule has 0 saturated heterocycles. The van der Waals surface area contributed by atoms with Crippen molar-refractivity contribution in [3.8, 4) is 0 Å². The number of unbranched alkanes of at least 4 members (excludes halogenated alkanes) is 5. The fourth-order valence-corrected chi connectivity index (χ4v) is 4.50. The second-order valence-electron chi connectivity index (χ2n) is 12.1. The molecule has 0 aromatic heterocycles. The summed E-state index contributed by atoms with van der Waals surface area (Å²) < 4.78 is 71.1. The van der Waals surface area contributed by atoms with Crippen molar-refractivity contribution in [1.82, 2.24) is 5.32 Å². The number of hydrogen-bond donors (Lipinski definition) is 1. The summed E-state index contributed by atoms with van der Waals surface area (Å²) in [6.45, 7) is 15.3. The summed E-state index contributed by atoms with van der Waals surface area (Å²) in [4.78, 5) is 11.7. The lowest BCUT2D eigenvalue weighted by Crippen LogP contribution is -2.28. The lowest BCUT2D eigenvalue weighted by Gasteiger charge is -2.09. The molecule has 0 fully saturated rings. The van der Waals surface area contributed by atoms with Crippen LogP contribution in [-0.2, 0) is 68.2 Å². The molecule has 15 heteroatoms. The molecule has 0 aliphatic heterocycles. The van der Waals surface area contributed by atoms with Crippen LogP contribution >= 0.6 is 0 Å². The van der Waals surface area contributed by atoms with Crippen molar-refractivity contribution in [2.24, 2.45) is 0 Å². The standard InChI is InChI=1S/C40H73NO14/c1-2-3-4-5-6-10-14-43-16-18-45-20-22-47-24-26-49-28-30-51-32-34-53-36-37-54-35-33-52-31-29-50-27-25-48-23-21-46-19-17-44-15-13-41-40(42)55-38-39-11-8-7-9-12-39/h7-9,11-12H,2-6,10,13-38H2,1H3,(H,41,42). The number of alkyl carbamates (subject to hydrolysis) is 1. The molecule has 1 aromatic rings. The molecule has 0 saturated carbocycles. The van der Waals surface area contributed by atoms with Gasteiger partial charge in [0.25, 0.3) is 0 Å². The average Bonchev–Trinajstić information content (AvgIpc) is 3.20. The zero-order valence-corrected chi connectivity index (χ0v) is 33.7. The van der Waals surface area contributed by atoms with Gasteiger partial charge in [-0.15, -0.1) is 0 Å². The summed E-state index contributed by atoms with van der Waals surface area (Å²) in [5.74, 6) is 0. The van der Waals surface area contributed by atoms with Crippen LogP contribution in [0.3, 0.4) is 0 Å². The third-order valence-corrected chi connectivity index (χ3v) is 7.46. The van der Waals surface area contributed by atoms with E-state index in [0.29, 0.717) is 159 Å². The van der Waals surface area contributed by atoms with E-state index in [-0.39, 0.29) is 6.61 Å². The van der Waals surface area contributed by atoms with E-state index in [2.05, 4.69) is 12.2 Å². The first kappa shape index (κ1) is 51.0. The van der Waals surface area contributed by atoms with Gasteiger partial charge in [0.2, 0.25) is 0 Å². The molecule has 1 rings (SSSR count). The van der Waals surface area contributed by atoms with Crippen LogP contribution < -0.4 is 5.32 Å². The average molecular weight is 792 g/mol. The van der Waals surface area contributed by atoms with Crippen molar-refractivity contribution in [3.63, 3.8) is 0 Å². The number of benzene rings is 1. The van der Waals surface area contributed by atoms with Gasteiger partial charge in [0.05, 0.1) is 152 Å². The van der Waals surface area contributed by atoms with Crippen LogP contribution in [0.15, 0.2) is 30.3 Å². The molecule has 0 heterocycles. The Morgan fingerprint density at radius 3 is 1.07 bits per heavy atom. The van der Waals surface area contributed by atoms with Crippen LogP contribution in [0, 0.1) is 0 Å². The van der Waals surface area contributed by atoms with E-state index in [0.717, 1.165) is 18.6 Å². The van der Waals surface area contributed by atoms with Crippen LogP contribution in [0.5, 0.6) is 0 Å². The minimum atomic E-state index is -0.469. The van der Waals surface area contributed by atoms with Gasteiger partial charge in [-0.1, -0.05) is 69.4 Å². The first-order valence-electron chi connectivity index (χ1n) is 20.2. The molecular weight excluding hydrogens is 718 g/mol. The van der Waals surface area contributed by atoms with Crippen LogP contribution in [-0.4, -0.2) is 171 Å². The quantitative estimate of drug-likeness (QED) is 0.0926. The monoisotopic (exact) mass is 792 g/mol. The fraction of sp³-hybridized carbons (Fsp3) is 0.825. The third kappa shape index (κ3) is 41.5. The van der Waals surface area contributed by atoms with Crippen LogP contribution in [0.2, 0.25) is 0 Å². The topological polar surface area (TPSA) is 149 Å². The molecule has 1 aromatic carbocycles. The Labute approximate surface area is 330 Å². The number of amides is 1. The van der Waals surface area contributed by atoms with Gasteiger partial charge in [-0.2, -0.15) is 0 Å². The lowest BCUT2D eigenvalue weighted by atomic mass is 10.1. The molecule has 322 valence electrons. The summed E-state index contributed by atoms with van der Waals surface area (Å²) in [5.41, 5.74) is 0.938. The highest BCUT2D eigenvalue weighted by molar-refractivity contribution is 5.67. The highest BCUT2D eigenvalue weighted by Gasteiger charge is 2.02. The molecule has 0 atom stereocenters. The molecule has 0 spiro atoms. The fourth-order valence-electron chi connectivity index (χ4n) is 4.50. The van der Waals surface area contributed by atoms with E-state index in [1.165, 1.54) is 32.1 Å². The van der Waals surface area contributed by atoms with Crippen molar-refractivity contribution in [1.29, 1.82) is 0 Å². The Morgan fingerprint density at radius 1 is 0.400 bits per heavy atom. The maximum absolute atomic E-state index is 11.7. The molecule has 1 amide bonds. The zero-order chi connectivity index (χ0) is 39.2. The third-order valence-electron chi connectivity index (χ3n) is 7.46. The Morgan fingerprint density at radius 2 is 0.709 bits per heavy atom. The van der Waals surface area contributed by atoms with Gasteiger partial charge >= 0.3 is 6.09 Å². The smallest absolute Gasteiger partial charge is 0.407 e. The van der Waals surface area contributed by atoms with E-state index < -0.39 is 6.09 Å². The lowest BCUT2D eigenvalue weighted by molar-refractivity contribution is -0.0283. The molecule has 0 bridgehead atoms. The van der Waals surface area contributed by atoms with Gasteiger partial charge < -0.3 is 66.9 Å². The number of hydrogen-bond acceptors (Lipinski definition) is 14. The number of ether oxygens (including phenoxy) is 13. The predicted molar refractivity (Wildman–Crippen MR) is 208 cm³/mol. The molecule has 15 nitrogen and oxygen atoms in total. The number of nitrogens with one attached hydrogen (secondary N) is 1. The number of carbonyl (C=O) groups is 1. The molecule has 0 aliphatic rings. The summed E-state index contributed by atoms with van der Waals surface area (Å²) in [7, 11) is 0. The highest BCUT2D eigenvalue weighted by atomic mass is 16.6. The van der Waals surface area contributed by atoms with Crippen molar-refractivity contribution >= 4 is 6.09 Å². The van der Waals surface area contributed by atoms with E-state index in [1.54, 1.807) is 0 Å². The van der Waals surface area contributed by atoms with Gasteiger partial charge in [-0.25, -0.2) is 4.79 Å². The summed E-state index contributed by atoms with van der Waals surface area (Å²) in [6.07, 6.45) is 7.19. The number of rotatable bonds is 45. The molecule has 1 N–H and O–H groups in total. The van der Waals surface area contributed by atoms with E-state index in [1.807, 2.05) is 30.3 Å². The van der Waals surface area contributed by atoms with Gasteiger partial charge in [0, 0.05) is 13.2 Å². The van der Waals surface area contributed by atoms with E-state index in [9.17, 15) is 4.79 Å². The minimum absolute atomic E-state index is 0.237. The van der Waals surface area contributed by atoms with Crippen LogP contribution in [0.1, 0.15) is 51.0 Å². The Bertz CT molecular complexity index is 889. The van der Waals surface area contributed by atoms with Gasteiger partial charge in [-0.3, -0.25) is 0 Å². The molecule has 0 aliphatic carbocycles.